The van der Waals surface area contributed by atoms with Gasteiger partial charge in [0.1, 0.15) is 0 Å². The molecule has 2 aromatic carbocycles. The van der Waals surface area contributed by atoms with E-state index in [-0.39, 0.29) is 0 Å². The van der Waals surface area contributed by atoms with E-state index in [1.165, 1.54) is 10.6 Å². The first kappa shape index (κ1) is 16.8. The number of benzene rings is 2. The largest absolute Gasteiger partial charge is 0.310 e. The number of hydrogen-bond donors (Lipinski definition) is 2. The average molecular weight is 335 g/mol. The molecule has 0 fully saturated rings. The number of pyridine rings is 1. The predicted molar refractivity (Wildman–Crippen MR) is 103 cm³/mol. The highest BCUT2D eigenvalue weighted by Gasteiger charge is 2.12. The van der Waals surface area contributed by atoms with Gasteiger partial charge >= 0.3 is 0 Å². The fraction of sp³-hybridized carbons (Fsp3) is 0.150. The lowest BCUT2D eigenvalue weighted by molar-refractivity contribution is 0.669. The molecule has 122 valence electrons. The van der Waals surface area contributed by atoms with Crippen molar-refractivity contribution in [2.75, 3.05) is 13.1 Å². The summed E-state index contributed by atoms with van der Waals surface area (Å²) in [5.74, 6) is 0. The van der Waals surface area contributed by atoms with Crippen LogP contribution in [0.1, 0.15) is 5.69 Å². The molecule has 1 heterocycles. The molecule has 0 aliphatic heterocycles. The molecule has 24 heavy (non-hydrogen) atoms. The quantitative estimate of drug-likeness (QED) is 0.491. The molecular formula is C20H22N3P. The molecule has 0 amide bonds. The van der Waals surface area contributed by atoms with Crippen LogP contribution in [0.25, 0.3) is 0 Å². The molecule has 0 aliphatic rings. The summed E-state index contributed by atoms with van der Waals surface area (Å²) in [6, 6.07) is 27.4. The van der Waals surface area contributed by atoms with E-state index in [4.69, 9.17) is 0 Å². The molecule has 0 saturated carbocycles. The third kappa shape index (κ3) is 4.97. The van der Waals surface area contributed by atoms with Gasteiger partial charge in [0.05, 0.1) is 5.69 Å². The van der Waals surface area contributed by atoms with Gasteiger partial charge in [-0.15, -0.1) is 0 Å². The van der Waals surface area contributed by atoms with Crippen molar-refractivity contribution in [3.8, 4) is 0 Å². The SMILES string of the molecule is c1ccc(P(NCCNCc2ccccn2)c2ccccc2)cc1. The lowest BCUT2D eigenvalue weighted by atomic mass is 10.3. The van der Waals surface area contributed by atoms with E-state index in [1.54, 1.807) is 0 Å². The Balaban J connectivity index is 1.55. The van der Waals surface area contributed by atoms with Crippen LogP contribution in [-0.2, 0) is 6.54 Å². The number of hydrogen-bond acceptors (Lipinski definition) is 3. The molecule has 3 aromatic rings. The van der Waals surface area contributed by atoms with E-state index in [0.717, 1.165) is 25.3 Å². The minimum Gasteiger partial charge on any atom is -0.310 e. The van der Waals surface area contributed by atoms with Gasteiger partial charge in [-0.2, -0.15) is 0 Å². The summed E-state index contributed by atoms with van der Waals surface area (Å²) in [4.78, 5) is 4.33. The molecule has 0 saturated heterocycles. The summed E-state index contributed by atoms with van der Waals surface area (Å²) in [6.45, 7) is 2.63. The third-order valence-electron chi connectivity index (χ3n) is 3.63. The standard InChI is InChI=1S/C20H22N3P/c1-3-10-19(11-4-1)24(20-12-5-2-6-13-20)23-16-15-21-17-18-9-7-8-14-22-18/h1-14,21,23H,15-17H2. The van der Waals surface area contributed by atoms with E-state index >= 15 is 0 Å². The Morgan fingerprint density at radius 2 is 1.33 bits per heavy atom. The van der Waals surface area contributed by atoms with Crippen molar-refractivity contribution in [1.82, 2.24) is 15.4 Å². The van der Waals surface area contributed by atoms with Crippen molar-refractivity contribution in [3.63, 3.8) is 0 Å². The van der Waals surface area contributed by atoms with Gasteiger partial charge in [0.2, 0.25) is 0 Å². The lowest BCUT2D eigenvalue weighted by Crippen LogP contribution is -2.30. The summed E-state index contributed by atoms with van der Waals surface area (Å²) >= 11 is 0. The highest BCUT2D eigenvalue weighted by Crippen LogP contribution is 2.27. The molecule has 0 radical (unpaired) electrons. The van der Waals surface area contributed by atoms with Gasteiger partial charge in [0.25, 0.3) is 0 Å². The normalized spacial score (nSPS) is 10.9. The van der Waals surface area contributed by atoms with Gasteiger partial charge in [-0.05, 0) is 22.7 Å². The second-order valence-corrected chi connectivity index (χ2v) is 7.43. The van der Waals surface area contributed by atoms with Crippen molar-refractivity contribution >= 4 is 18.7 Å². The van der Waals surface area contributed by atoms with E-state index in [0.29, 0.717) is 0 Å². The topological polar surface area (TPSA) is 37.0 Å². The highest BCUT2D eigenvalue weighted by molar-refractivity contribution is 7.71. The average Bonchev–Trinajstić information content (AvgIpc) is 2.67. The second kappa shape index (κ2) is 9.29. The van der Waals surface area contributed by atoms with Crippen molar-refractivity contribution in [3.05, 3.63) is 90.8 Å². The summed E-state index contributed by atoms with van der Waals surface area (Å²) in [6.07, 6.45) is 1.83. The predicted octanol–water partition coefficient (Wildman–Crippen LogP) is 2.81. The molecule has 2 N–H and O–H groups in total. The summed E-state index contributed by atoms with van der Waals surface area (Å²) in [5.41, 5.74) is 1.07. The van der Waals surface area contributed by atoms with Crippen LogP contribution in [0.15, 0.2) is 85.1 Å². The van der Waals surface area contributed by atoms with Crippen LogP contribution in [0.3, 0.4) is 0 Å². The highest BCUT2D eigenvalue weighted by atomic mass is 31.1. The summed E-state index contributed by atoms with van der Waals surface area (Å²) in [7, 11) is -0.527. The Labute approximate surface area is 145 Å². The molecule has 0 spiro atoms. The van der Waals surface area contributed by atoms with Crippen LogP contribution in [0.2, 0.25) is 0 Å². The van der Waals surface area contributed by atoms with E-state index in [2.05, 4.69) is 76.1 Å². The van der Waals surface area contributed by atoms with Crippen molar-refractivity contribution in [2.24, 2.45) is 0 Å². The lowest BCUT2D eigenvalue weighted by Gasteiger charge is -2.20. The van der Waals surface area contributed by atoms with Gasteiger partial charge in [0, 0.05) is 33.9 Å². The Bertz CT molecular complexity index is 665. The molecular weight excluding hydrogens is 313 g/mol. The van der Waals surface area contributed by atoms with Crippen molar-refractivity contribution in [1.29, 1.82) is 0 Å². The fourth-order valence-corrected chi connectivity index (χ4v) is 4.40. The van der Waals surface area contributed by atoms with Gasteiger partial charge < -0.3 is 5.32 Å². The second-order valence-electron chi connectivity index (χ2n) is 5.41. The van der Waals surface area contributed by atoms with Gasteiger partial charge in [-0.1, -0.05) is 66.7 Å². The van der Waals surface area contributed by atoms with Crippen molar-refractivity contribution in [2.45, 2.75) is 6.54 Å². The van der Waals surface area contributed by atoms with Crippen LogP contribution < -0.4 is 21.0 Å². The Morgan fingerprint density at radius 1 is 0.708 bits per heavy atom. The first-order valence-electron chi connectivity index (χ1n) is 8.18. The molecule has 0 unspecified atom stereocenters. The fourth-order valence-electron chi connectivity index (χ4n) is 2.46. The maximum absolute atomic E-state index is 4.33. The number of rotatable bonds is 8. The van der Waals surface area contributed by atoms with Crippen LogP contribution in [-0.4, -0.2) is 18.1 Å². The van der Waals surface area contributed by atoms with Gasteiger partial charge in [0.15, 0.2) is 0 Å². The number of aromatic nitrogens is 1. The number of nitrogens with zero attached hydrogens (tertiary/aromatic N) is 1. The third-order valence-corrected chi connectivity index (χ3v) is 5.80. The Hall–Kier alpha value is -2.06. The minimum atomic E-state index is -0.527. The molecule has 1 aromatic heterocycles. The first-order chi connectivity index (χ1) is 11.9. The van der Waals surface area contributed by atoms with E-state index in [9.17, 15) is 0 Å². The summed E-state index contributed by atoms with van der Waals surface area (Å²) < 4.78 is 0. The summed E-state index contributed by atoms with van der Waals surface area (Å²) in [5, 5.41) is 9.87. The minimum absolute atomic E-state index is 0.527. The Kier molecular flexibility index (Phi) is 6.50. The van der Waals surface area contributed by atoms with Crippen LogP contribution in [0, 0.1) is 0 Å². The van der Waals surface area contributed by atoms with Crippen LogP contribution in [0.4, 0.5) is 0 Å². The molecule has 3 nitrogen and oxygen atoms in total. The van der Waals surface area contributed by atoms with Gasteiger partial charge in [-0.25, -0.2) is 0 Å². The zero-order valence-corrected chi connectivity index (χ0v) is 14.5. The smallest absolute Gasteiger partial charge is 0.0541 e. The van der Waals surface area contributed by atoms with E-state index in [1.807, 2.05) is 24.4 Å². The number of nitrogens with one attached hydrogen (secondary N) is 2. The Morgan fingerprint density at radius 3 is 1.92 bits per heavy atom. The van der Waals surface area contributed by atoms with Crippen LogP contribution >= 0.6 is 8.07 Å². The maximum atomic E-state index is 4.33. The van der Waals surface area contributed by atoms with E-state index < -0.39 is 8.07 Å². The molecule has 0 aliphatic carbocycles. The zero-order chi connectivity index (χ0) is 16.5. The molecule has 0 atom stereocenters. The first-order valence-corrected chi connectivity index (χ1v) is 9.52. The van der Waals surface area contributed by atoms with Crippen LogP contribution in [0.5, 0.6) is 0 Å². The molecule has 0 bridgehead atoms. The zero-order valence-electron chi connectivity index (χ0n) is 13.6. The monoisotopic (exact) mass is 335 g/mol. The maximum Gasteiger partial charge on any atom is 0.0541 e. The van der Waals surface area contributed by atoms with Gasteiger partial charge in [-0.3, -0.25) is 10.1 Å². The molecule has 3 rings (SSSR count). The molecule has 4 heteroatoms. The van der Waals surface area contributed by atoms with Crippen molar-refractivity contribution < 1.29 is 0 Å².